The van der Waals surface area contributed by atoms with Crippen LogP contribution in [0, 0.1) is 13.8 Å². The van der Waals surface area contributed by atoms with E-state index in [2.05, 4.69) is 20.9 Å². The molecule has 3 nitrogen and oxygen atoms in total. The zero-order chi connectivity index (χ0) is 13.3. The lowest BCUT2D eigenvalue weighted by molar-refractivity contribution is 0.404. The first kappa shape index (κ1) is 13.3. The molecule has 4 heteroatoms. The van der Waals surface area contributed by atoms with E-state index in [-0.39, 0.29) is 5.75 Å². The topological polar surface area (TPSA) is 49.7 Å². The van der Waals surface area contributed by atoms with Gasteiger partial charge in [-0.05, 0) is 53.7 Å². The molecule has 0 amide bonds. The number of halogens is 1. The highest BCUT2D eigenvalue weighted by molar-refractivity contribution is 9.10. The van der Waals surface area contributed by atoms with Crippen LogP contribution in [0.1, 0.15) is 42.4 Å². The van der Waals surface area contributed by atoms with Crippen molar-refractivity contribution in [2.24, 2.45) is 4.99 Å². The zero-order valence-electron chi connectivity index (χ0n) is 10.6. The normalized spacial score (nSPS) is 17.5. The van der Waals surface area contributed by atoms with Gasteiger partial charge in [0.15, 0.2) is 0 Å². The Morgan fingerprint density at radius 1 is 1.33 bits per heavy atom. The number of benzene rings is 1. The lowest BCUT2D eigenvalue weighted by atomic mass is 9.84. The van der Waals surface area contributed by atoms with E-state index in [1.165, 1.54) is 0 Å². The Labute approximate surface area is 115 Å². The van der Waals surface area contributed by atoms with Crippen molar-refractivity contribution in [1.82, 2.24) is 0 Å². The van der Waals surface area contributed by atoms with Gasteiger partial charge in [-0.3, -0.25) is 0 Å². The van der Waals surface area contributed by atoms with Crippen molar-refractivity contribution in [3.63, 3.8) is 0 Å². The fourth-order valence-electron chi connectivity index (χ4n) is 3.00. The van der Waals surface area contributed by atoms with E-state index < -0.39 is 5.54 Å². The summed E-state index contributed by atoms with van der Waals surface area (Å²) in [6, 6.07) is 2.01. The lowest BCUT2D eigenvalue weighted by Crippen LogP contribution is -2.21. The van der Waals surface area contributed by atoms with Crippen LogP contribution in [0.25, 0.3) is 0 Å². The van der Waals surface area contributed by atoms with Crippen molar-refractivity contribution in [1.29, 1.82) is 0 Å². The highest BCUT2D eigenvalue weighted by atomic mass is 79.9. The van der Waals surface area contributed by atoms with E-state index in [0.717, 1.165) is 42.4 Å². The first-order valence-electron chi connectivity index (χ1n) is 6.10. The third kappa shape index (κ3) is 2.00. The van der Waals surface area contributed by atoms with Gasteiger partial charge >= 0.3 is 0 Å². The maximum absolute atomic E-state index is 10.7. The van der Waals surface area contributed by atoms with Gasteiger partial charge in [0.25, 0.3) is 0 Å². The summed E-state index contributed by atoms with van der Waals surface area (Å²) in [5, 5.41) is 10.4. The summed E-state index contributed by atoms with van der Waals surface area (Å²) in [4.78, 5) is 14.8. The van der Waals surface area contributed by atoms with Gasteiger partial charge in [0, 0.05) is 5.56 Å². The predicted molar refractivity (Wildman–Crippen MR) is 73.5 cm³/mol. The number of hydrogen-bond donors (Lipinski definition) is 1. The maximum Gasteiger partial charge on any atom is 0.235 e. The third-order valence-electron chi connectivity index (χ3n) is 3.77. The summed E-state index contributed by atoms with van der Waals surface area (Å²) < 4.78 is 0.690. The Morgan fingerprint density at radius 3 is 2.50 bits per heavy atom. The highest BCUT2D eigenvalue weighted by Crippen LogP contribution is 2.49. The van der Waals surface area contributed by atoms with Crippen molar-refractivity contribution in [2.75, 3.05) is 0 Å². The van der Waals surface area contributed by atoms with Crippen molar-refractivity contribution in [3.05, 3.63) is 27.2 Å². The van der Waals surface area contributed by atoms with Gasteiger partial charge in [-0.2, -0.15) is 4.99 Å². The van der Waals surface area contributed by atoms with E-state index in [1.54, 1.807) is 6.08 Å². The molecule has 18 heavy (non-hydrogen) atoms. The number of nitrogens with zero attached hydrogens (tertiary/aromatic N) is 1. The van der Waals surface area contributed by atoms with Gasteiger partial charge in [-0.25, -0.2) is 4.79 Å². The van der Waals surface area contributed by atoms with Crippen molar-refractivity contribution < 1.29 is 9.90 Å². The minimum atomic E-state index is -0.577. The number of aliphatic imine (C=N–C) groups is 1. The Balaban J connectivity index is 2.69. The van der Waals surface area contributed by atoms with E-state index >= 15 is 0 Å². The van der Waals surface area contributed by atoms with Crippen LogP contribution in [0.4, 0.5) is 0 Å². The number of isocyanates is 1. The molecule has 96 valence electrons. The van der Waals surface area contributed by atoms with E-state index in [9.17, 15) is 9.90 Å². The maximum atomic E-state index is 10.7. The third-order valence-corrected chi connectivity index (χ3v) is 4.77. The standard InChI is InChI=1S/C14H16BrNO2/c1-9-7-10(2)12(15)13(18)11(9)14(16-8-17)5-3-4-6-14/h7,18H,3-6H2,1-2H3. The molecular weight excluding hydrogens is 294 g/mol. The lowest BCUT2D eigenvalue weighted by Gasteiger charge is -2.27. The number of rotatable bonds is 2. The Morgan fingerprint density at radius 2 is 1.94 bits per heavy atom. The average molecular weight is 310 g/mol. The van der Waals surface area contributed by atoms with E-state index in [4.69, 9.17) is 0 Å². The molecule has 1 fully saturated rings. The van der Waals surface area contributed by atoms with Gasteiger partial charge in [-0.15, -0.1) is 0 Å². The largest absolute Gasteiger partial charge is 0.506 e. The molecule has 0 unspecified atom stereocenters. The van der Waals surface area contributed by atoms with E-state index in [1.807, 2.05) is 19.9 Å². The van der Waals surface area contributed by atoms with Crippen LogP contribution in [0.5, 0.6) is 5.75 Å². The summed E-state index contributed by atoms with van der Waals surface area (Å²) in [6.45, 7) is 3.89. The van der Waals surface area contributed by atoms with Crippen LogP contribution in [0.3, 0.4) is 0 Å². The van der Waals surface area contributed by atoms with Crippen LogP contribution in [0.2, 0.25) is 0 Å². The van der Waals surface area contributed by atoms with Gasteiger partial charge in [0.2, 0.25) is 6.08 Å². The van der Waals surface area contributed by atoms with Crippen LogP contribution in [0.15, 0.2) is 15.5 Å². The molecule has 0 bridgehead atoms. The summed E-state index contributed by atoms with van der Waals surface area (Å²) in [5.41, 5.74) is 2.17. The Bertz CT molecular complexity index is 527. The first-order valence-corrected chi connectivity index (χ1v) is 6.89. The fourth-order valence-corrected chi connectivity index (χ4v) is 3.31. The number of aromatic hydroxyl groups is 1. The molecule has 1 N–H and O–H groups in total. The fraction of sp³-hybridized carbons (Fsp3) is 0.500. The molecule has 0 heterocycles. The molecule has 1 saturated carbocycles. The SMILES string of the molecule is Cc1cc(C)c(C2(N=C=O)CCCC2)c(O)c1Br. The molecule has 0 radical (unpaired) electrons. The second-order valence-corrected chi connectivity index (χ2v) is 5.78. The minimum absolute atomic E-state index is 0.216. The Hall–Kier alpha value is -1.12. The molecule has 0 aliphatic heterocycles. The second-order valence-electron chi connectivity index (χ2n) is 4.99. The number of aryl methyl sites for hydroxylation is 2. The van der Waals surface area contributed by atoms with Crippen LogP contribution in [-0.2, 0) is 10.3 Å². The average Bonchev–Trinajstić information content (AvgIpc) is 2.76. The summed E-state index contributed by atoms with van der Waals surface area (Å²) in [7, 11) is 0. The summed E-state index contributed by atoms with van der Waals surface area (Å²) >= 11 is 3.40. The molecule has 1 aliphatic carbocycles. The summed E-state index contributed by atoms with van der Waals surface area (Å²) in [6.07, 6.45) is 5.33. The van der Waals surface area contributed by atoms with Crippen LogP contribution in [-0.4, -0.2) is 11.2 Å². The predicted octanol–water partition coefficient (Wildman–Crippen LogP) is 3.88. The monoisotopic (exact) mass is 309 g/mol. The molecule has 0 spiro atoms. The number of phenolic OH excluding ortho intramolecular Hbond substituents is 1. The second kappa shape index (κ2) is 4.87. The number of carbonyl (C=O) groups excluding carboxylic acids is 1. The van der Waals surface area contributed by atoms with Gasteiger partial charge < -0.3 is 5.11 Å². The first-order chi connectivity index (χ1) is 8.52. The van der Waals surface area contributed by atoms with Gasteiger partial charge in [0.05, 0.1) is 4.47 Å². The molecule has 1 aromatic carbocycles. The Kier molecular flexibility index (Phi) is 3.60. The molecule has 0 aromatic heterocycles. The van der Waals surface area contributed by atoms with Crippen LogP contribution < -0.4 is 0 Å². The van der Waals surface area contributed by atoms with Crippen molar-refractivity contribution >= 4 is 22.0 Å². The molecule has 0 atom stereocenters. The molecule has 0 saturated heterocycles. The van der Waals surface area contributed by atoms with E-state index in [0.29, 0.717) is 4.47 Å². The quantitative estimate of drug-likeness (QED) is 0.666. The van der Waals surface area contributed by atoms with Gasteiger partial charge in [-0.1, -0.05) is 18.9 Å². The number of hydrogen-bond acceptors (Lipinski definition) is 3. The molecule has 1 aliphatic rings. The van der Waals surface area contributed by atoms with Gasteiger partial charge in [0.1, 0.15) is 11.3 Å². The minimum Gasteiger partial charge on any atom is -0.506 e. The molecular formula is C14H16BrNO2. The summed E-state index contributed by atoms with van der Waals surface area (Å²) in [5.74, 6) is 0.216. The smallest absolute Gasteiger partial charge is 0.235 e. The van der Waals surface area contributed by atoms with Crippen LogP contribution >= 0.6 is 15.9 Å². The molecule has 2 rings (SSSR count). The highest BCUT2D eigenvalue weighted by Gasteiger charge is 2.39. The zero-order valence-corrected chi connectivity index (χ0v) is 12.2. The van der Waals surface area contributed by atoms with Crippen molar-refractivity contribution in [2.45, 2.75) is 45.1 Å². The van der Waals surface area contributed by atoms with Crippen molar-refractivity contribution in [3.8, 4) is 5.75 Å². The number of phenols is 1. The molecule has 1 aromatic rings.